The normalized spacial score (nSPS) is 26.7. The number of carbonyl (C=O) groups excluding carboxylic acids is 2. The number of hydrogen-bond donors (Lipinski definition) is 3. The summed E-state index contributed by atoms with van der Waals surface area (Å²) in [6.07, 6.45) is 3.80. The van der Waals surface area contributed by atoms with Crippen LogP contribution in [0.25, 0.3) is 11.0 Å². The molecule has 1 saturated carbocycles. The smallest absolute Gasteiger partial charge is 0.282 e. The number of aromatic nitrogens is 3. The monoisotopic (exact) mass is 811 g/mol. The van der Waals surface area contributed by atoms with Gasteiger partial charge >= 0.3 is 0 Å². The van der Waals surface area contributed by atoms with Crippen LogP contribution in [0, 0.1) is 0 Å². The minimum Gasteiger partial charge on any atom is -0.388 e. The van der Waals surface area contributed by atoms with Gasteiger partial charge in [-0.3, -0.25) is 29.2 Å². The van der Waals surface area contributed by atoms with Crippen molar-refractivity contribution in [1.82, 2.24) is 33.4 Å². The van der Waals surface area contributed by atoms with Crippen LogP contribution in [0.1, 0.15) is 94.2 Å². The number of nitrogens with zero attached hydrogens (tertiary/aromatic N) is 7. The third kappa shape index (κ3) is 8.03. The third-order valence-electron chi connectivity index (χ3n) is 12.8. The van der Waals surface area contributed by atoms with Crippen LogP contribution in [0.5, 0.6) is 0 Å². The fraction of sp³-hybridized carbons (Fsp3) is 0.615. The van der Waals surface area contributed by atoms with Gasteiger partial charge in [0.15, 0.2) is 0 Å². The fourth-order valence-electron chi connectivity index (χ4n) is 9.49. The lowest BCUT2D eigenvalue weighted by Crippen LogP contribution is -2.57. The Kier molecular flexibility index (Phi) is 11.1. The van der Waals surface area contributed by atoms with Gasteiger partial charge in [0.25, 0.3) is 22.2 Å². The second kappa shape index (κ2) is 15.9. The number of halogens is 2. The second-order valence-electron chi connectivity index (χ2n) is 16.4. The Hall–Kier alpha value is -4.10. The molecule has 15 nitrogen and oxygen atoms in total. The predicted molar refractivity (Wildman–Crippen MR) is 209 cm³/mol. The number of alkyl halides is 2. The van der Waals surface area contributed by atoms with Gasteiger partial charge in [0.1, 0.15) is 5.65 Å². The molecule has 2 amide bonds. The first-order valence-electron chi connectivity index (χ1n) is 20.2. The summed E-state index contributed by atoms with van der Waals surface area (Å²) in [6.45, 7) is 6.20. The number of pyridine rings is 1. The molecule has 3 N–H and O–H groups in total. The first-order chi connectivity index (χ1) is 27.3. The second-order valence-corrected chi connectivity index (χ2v) is 18.3. The minimum absolute atomic E-state index is 0.144. The SMILES string of the molecule is C[C@@]1(O)CCC[C@H]1n1c(=O)c(C(F)F)cc2cnc(NC3CCN(S(=O)(=O)N4CCN(C5CCN(c6ccc(C7CCC(=O)NC7=O)cc6)CC5)CC4)CC3)nc21. The molecule has 2 aromatic heterocycles. The highest BCUT2D eigenvalue weighted by atomic mass is 32.2. The lowest BCUT2D eigenvalue weighted by atomic mass is 9.90. The van der Waals surface area contributed by atoms with E-state index in [1.807, 2.05) is 12.1 Å². The van der Waals surface area contributed by atoms with Gasteiger partial charge in [0.05, 0.1) is 23.1 Å². The predicted octanol–water partition coefficient (Wildman–Crippen LogP) is 3.13. The molecule has 6 heterocycles. The molecule has 5 aliphatic rings. The van der Waals surface area contributed by atoms with Gasteiger partial charge in [-0.2, -0.15) is 22.0 Å². The number of imide groups is 1. The van der Waals surface area contributed by atoms with E-state index in [1.165, 1.54) is 15.1 Å². The van der Waals surface area contributed by atoms with Crippen LogP contribution >= 0.6 is 0 Å². The topological polar surface area (TPSA) is 173 Å². The molecule has 0 spiro atoms. The van der Waals surface area contributed by atoms with Crippen molar-refractivity contribution in [1.29, 1.82) is 0 Å². The van der Waals surface area contributed by atoms with E-state index in [0.29, 0.717) is 90.3 Å². The number of hydrogen-bond acceptors (Lipinski definition) is 11. The zero-order valence-corrected chi connectivity index (χ0v) is 33.0. The highest BCUT2D eigenvalue weighted by molar-refractivity contribution is 7.86. The van der Waals surface area contributed by atoms with Crippen LogP contribution in [0.3, 0.4) is 0 Å². The highest BCUT2D eigenvalue weighted by Crippen LogP contribution is 2.40. The van der Waals surface area contributed by atoms with Crippen molar-refractivity contribution in [3.8, 4) is 0 Å². The van der Waals surface area contributed by atoms with E-state index in [-0.39, 0.29) is 40.8 Å². The van der Waals surface area contributed by atoms with E-state index >= 15 is 0 Å². The standard InChI is InChI=1S/C39H51F2N9O6S/c1-39(54)14-2-3-32(39)50-35-26(23-31(34(40)41)37(50)53)24-42-38(45-35)43-27-10-17-48(18-11-27)57(55,56)49-21-19-47(20-22-49)29-12-15-46(16-13-29)28-6-4-25(5-7-28)30-8-9-33(51)44-36(30)52/h4-7,23-24,27,29-30,32,34,54H,2-3,8-22H2,1H3,(H,42,43,45)(H,44,51,52)/t30?,32-,39-/m1/s1. The van der Waals surface area contributed by atoms with Crippen LogP contribution in [0.15, 0.2) is 41.3 Å². The molecule has 4 aliphatic heterocycles. The number of piperazine rings is 1. The van der Waals surface area contributed by atoms with Crippen molar-refractivity contribution in [3.05, 3.63) is 58.0 Å². The number of carbonyl (C=O) groups is 2. The summed E-state index contributed by atoms with van der Waals surface area (Å²) in [7, 11) is -3.66. The summed E-state index contributed by atoms with van der Waals surface area (Å²) in [4.78, 5) is 50.8. The molecule has 4 saturated heterocycles. The van der Waals surface area contributed by atoms with Crippen molar-refractivity contribution in [2.45, 2.75) is 101 Å². The van der Waals surface area contributed by atoms with E-state index in [4.69, 9.17) is 0 Å². The Morgan fingerprint density at radius 3 is 2.23 bits per heavy atom. The van der Waals surface area contributed by atoms with Gasteiger partial charge in [0.2, 0.25) is 17.8 Å². The molecule has 5 fully saturated rings. The van der Waals surface area contributed by atoms with E-state index < -0.39 is 39.4 Å². The summed E-state index contributed by atoms with van der Waals surface area (Å²) in [5.41, 5.74) is -0.570. The highest BCUT2D eigenvalue weighted by Gasteiger charge is 2.41. The maximum absolute atomic E-state index is 13.9. The first-order valence-corrected chi connectivity index (χ1v) is 21.6. The molecule has 0 bridgehead atoms. The minimum atomic E-state index is -3.66. The average Bonchev–Trinajstić information content (AvgIpc) is 3.55. The van der Waals surface area contributed by atoms with Crippen LogP contribution in [0.2, 0.25) is 0 Å². The van der Waals surface area contributed by atoms with Gasteiger partial charge in [-0.15, -0.1) is 0 Å². The first kappa shape index (κ1) is 39.7. The van der Waals surface area contributed by atoms with Gasteiger partial charge in [-0.1, -0.05) is 12.1 Å². The van der Waals surface area contributed by atoms with E-state index in [9.17, 15) is 36.7 Å². The number of rotatable bonds is 9. The summed E-state index contributed by atoms with van der Waals surface area (Å²) < 4.78 is 59.6. The van der Waals surface area contributed by atoms with Crippen LogP contribution in [0.4, 0.5) is 20.4 Å². The summed E-state index contributed by atoms with van der Waals surface area (Å²) in [5, 5.41) is 17.0. The maximum atomic E-state index is 13.9. The molecule has 1 aliphatic carbocycles. The van der Waals surface area contributed by atoms with Gasteiger partial charge in [0, 0.05) is 88.1 Å². The van der Waals surface area contributed by atoms with Crippen molar-refractivity contribution < 1.29 is 31.9 Å². The lowest BCUT2D eigenvalue weighted by Gasteiger charge is -2.44. The van der Waals surface area contributed by atoms with Crippen LogP contribution in [-0.4, -0.2) is 123 Å². The van der Waals surface area contributed by atoms with E-state index in [2.05, 4.69) is 42.5 Å². The van der Waals surface area contributed by atoms with Crippen molar-refractivity contribution in [2.75, 3.05) is 62.6 Å². The Bertz CT molecular complexity index is 2150. The van der Waals surface area contributed by atoms with Gasteiger partial charge < -0.3 is 15.3 Å². The quantitative estimate of drug-likeness (QED) is 0.271. The number of nitrogens with one attached hydrogen (secondary N) is 2. The molecule has 1 unspecified atom stereocenters. The number of amides is 2. The lowest BCUT2D eigenvalue weighted by molar-refractivity contribution is -0.134. The van der Waals surface area contributed by atoms with Crippen molar-refractivity contribution >= 4 is 44.7 Å². The largest absolute Gasteiger partial charge is 0.388 e. The molecule has 3 atom stereocenters. The zero-order valence-electron chi connectivity index (χ0n) is 32.2. The van der Waals surface area contributed by atoms with Gasteiger partial charge in [-0.25, -0.2) is 13.8 Å². The van der Waals surface area contributed by atoms with Gasteiger partial charge in [-0.05, 0) is 82.1 Å². The van der Waals surface area contributed by atoms with E-state index in [1.54, 1.807) is 11.2 Å². The summed E-state index contributed by atoms with van der Waals surface area (Å²) in [5.74, 6) is -0.536. The Labute approximate surface area is 330 Å². The molecule has 3 aromatic rings. The molecule has 18 heteroatoms. The molecule has 308 valence electrons. The van der Waals surface area contributed by atoms with Crippen LogP contribution in [-0.2, 0) is 19.8 Å². The number of fused-ring (bicyclic) bond motifs is 1. The Morgan fingerprint density at radius 2 is 1.60 bits per heavy atom. The number of piperidine rings is 3. The molecule has 8 rings (SSSR count). The molecular weight excluding hydrogens is 761 g/mol. The third-order valence-corrected chi connectivity index (χ3v) is 14.9. The van der Waals surface area contributed by atoms with E-state index in [0.717, 1.165) is 43.2 Å². The van der Waals surface area contributed by atoms with Crippen molar-refractivity contribution in [3.63, 3.8) is 0 Å². The Morgan fingerprint density at radius 1 is 0.912 bits per heavy atom. The number of anilines is 2. The average molecular weight is 812 g/mol. The maximum Gasteiger partial charge on any atom is 0.282 e. The fourth-order valence-corrected chi connectivity index (χ4v) is 11.1. The zero-order chi connectivity index (χ0) is 40.1. The Balaban J connectivity index is 0.825. The summed E-state index contributed by atoms with van der Waals surface area (Å²) in [6, 6.07) is 8.72. The molecule has 57 heavy (non-hydrogen) atoms. The molecule has 1 aromatic carbocycles. The number of benzene rings is 1. The summed E-state index contributed by atoms with van der Waals surface area (Å²) >= 11 is 0. The van der Waals surface area contributed by atoms with Crippen LogP contribution < -0.4 is 21.1 Å². The van der Waals surface area contributed by atoms with Crippen molar-refractivity contribution in [2.24, 2.45) is 0 Å². The molecule has 0 radical (unpaired) electrons. The molecular formula is C39H51F2N9O6S. The number of aliphatic hydroxyl groups is 1.